The Balaban J connectivity index is 1.68. The Morgan fingerprint density at radius 1 is 1.06 bits per heavy atom. The number of imidazole rings is 1. The summed E-state index contributed by atoms with van der Waals surface area (Å²) in [4.78, 5) is 13.4. The predicted octanol–water partition coefficient (Wildman–Crippen LogP) is 4.73. The Morgan fingerprint density at radius 2 is 1.80 bits per heavy atom. The number of aliphatic hydroxyl groups is 1. The smallest absolute Gasteiger partial charge is 0.235 e. The molecule has 1 aromatic carbocycles. The molecule has 0 spiro atoms. The number of rotatable bonds is 5. The molecule has 1 aliphatic rings. The maximum absolute atomic E-state index is 14.5. The lowest BCUT2D eigenvalue weighted by Crippen LogP contribution is -2.40. The van der Waals surface area contributed by atoms with E-state index in [0.717, 1.165) is 23.4 Å². The van der Waals surface area contributed by atoms with E-state index in [9.17, 15) is 13.9 Å². The van der Waals surface area contributed by atoms with Gasteiger partial charge in [-0.15, -0.1) is 5.10 Å². The van der Waals surface area contributed by atoms with Crippen LogP contribution < -0.4 is 0 Å². The minimum atomic E-state index is -0.671. The van der Waals surface area contributed by atoms with Crippen LogP contribution in [0.1, 0.15) is 62.7 Å². The fourth-order valence-corrected chi connectivity index (χ4v) is 5.45. The molecule has 2 atom stereocenters. The highest BCUT2D eigenvalue weighted by Gasteiger charge is 2.57. The molecule has 35 heavy (non-hydrogen) atoms. The normalized spacial score (nSPS) is 20.7. The quantitative estimate of drug-likeness (QED) is 0.448. The van der Waals surface area contributed by atoms with Gasteiger partial charge < -0.3 is 5.11 Å². The molecule has 0 bridgehead atoms. The van der Waals surface area contributed by atoms with Crippen molar-refractivity contribution in [1.82, 2.24) is 29.7 Å². The zero-order valence-electron chi connectivity index (χ0n) is 20.0. The van der Waals surface area contributed by atoms with E-state index in [1.165, 1.54) is 18.2 Å². The monoisotopic (exact) mass is 476 g/mol. The molecular formula is C26H26F2N6O. The lowest BCUT2D eigenvalue weighted by molar-refractivity contribution is 0.189. The Kier molecular flexibility index (Phi) is 5.47. The van der Waals surface area contributed by atoms with Crippen LogP contribution in [0.3, 0.4) is 0 Å². The summed E-state index contributed by atoms with van der Waals surface area (Å²) in [5, 5.41) is 18.2. The lowest BCUT2D eigenvalue weighted by Gasteiger charge is -2.41. The molecule has 0 unspecified atom stereocenters. The summed E-state index contributed by atoms with van der Waals surface area (Å²) in [5.41, 5.74) is 1.93. The third kappa shape index (κ3) is 3.36. The molecule has 4 aromatic rings. The number of benzene rings is 1. The second kappa shape index (κ2) is 8.27. The van der Waals surface area contributed by atoms with E-state index in [-0.39, 0.29) is 29.2 Å². The highest BCUT2D eigenvalue weighted by Crippen LogP contribution is 2.61. The first-order valence-corrected chi connectivity index (χ1v) is 11.5. The maximum Gasteiger partial charge on any atom is 0.235 e. The molecular weight excluding hydrogens is 450 g/mol. The molecule has 9 heteroatoms. The van der Waals surface area contributed by atoms with Crippen molar-refractivity contribution in [3.05, 3.63) is 83.3 Å². The van der Waals surface area contributed by atoms with E-state index in [1.54, 1.807) is 29.4 Å². The van der Waals surface area contributed by atoms with Crippen LogP contribution in [0.25, 0.3) is 17.2 Å². The van der Waals surface area contributed by atoms with E-state index in [2.05, 4.69) is 47.9 Å². The van der Waals surface area contributed by atoms with Crippen molar-refractivity contribution in [2.45, 2.75) is 52.1 Å². The van der Waals surface area contributed by atoms with Gasteiger partial charge in [-0.1, -0.05) is 26.8 Å². The first-order chi connectivity index (χ1) is 16.7. The first kappa shape index (κ1) is 23.2. The molecule has 1 N–H and O–H groups in total. The van der Waals surface area contributed by atoms with Crippen LogP contribution in [0, 0.1) is 17.0 Å². The Bertz CT molecular complexity index is 1400. The van der Waals surface area contributed by atoms with Gasteiger partial charge in [-0.05, 0) is 54.5 Å². The molecule has 3 aromatic heterocycles. The Hall–Kier alpha value is -3.59. The molecule has 7 nitrogen and oxygen atoms in total. The van der Waals surface area contributed by atoms with Gasteiger partial charge in [0.2, 0.25) is 5.95 Å². The molecule has 3 heterocycles. The van der Waals surface area contributed by atoms with Crippen molar-refractivity contribution in [1.29, 1.82) is 0 Å². The van der Waals surface area contributed by atoms with Crippen LogP contribution in [0.5, 0.6) is 0 Å². The number of hydrogen-bond acceptors (Lipinski definition) is 6. The summed E-state index contributed by atoms with van der Waals surface area (Å²) in [6.07, 6.45) is 5.73. The van der Waals surface area contributed by atoms with Crippen LogP contribution >= 0.6 is 0 Å². The van der Waals surface area contributed by atoms with E-state index >= 15 is 0 Å². The van der Waals surface area contributed by atoms with Crippen LogP contribution in [0.4, 0.5) is 8.78 Å². The largest absolute Gasteiger partial charge is 0.390 e. The molecule has 5 rings (SSSR count). The van der Waals surface area contributed by atoms with Gasteiger partial charge in [-0.25, -0.2) is 23.7 Å². The van der Waals surface area contributed by atoms with E-state index in [0.29, 0.717) is 11.6 Å². The van der Waals surface area contributed by atoms with Gasteiger partial charge in [0, 0.05) is 12.4 Å². The summed E-state index contributed by atoms with van der Waals surface area (Å²) in [5.74, 6) is -0.865. The zero-order chi connectivity index (χ0) is 25.0. The number of fused-ring (bicyclic) bond motifs is 1. The van der Waals surface area contributed by atoms with E-state index < -0.39 is 17.0 Å². The number of aliphatic hydroxyl groups excluding tert-OH is 1. The summed E-state index contributed by atoms with van der Waals surface area (Å²) >= 11 is 0. The van der Waals surface area contributed by atoms with Crippen molar-refractivity contribution in [3.63, 3.8) is 0 Å². The summed E-state index contributed by atoms with van der Waals surface area (Å²) < 4.78 is 30.7. The van der Waals surface area contributed by atoms with Gasteiger partial charge >= 0.3 is 0 Å². The third-order valence-corrected chi connectivity index (χ3v) is 7.64. The van der Waals surface area contributed by atoms with Crippen molar-refractivity contribution in [2.24, 2.45) is 5.41 Å². The Morgan fingerprint density at radius 3 is 2.46 bits per heavy atom. The average Bonchev–Trinajstić information content (AvgIpc) is 3.39. The van der Waals surface area contributed by atoms with E-state index in [1.807, 2.05) is 6.07 Å². The average molecular weight is 477 g/mol. The minimum Gasteiger partial charge on any atom is -0.390 e. The van der Waals surface area contributed by atoms with Gasteiger partial charge in [0.1, 0.15) is 18.0 Å². The number of halogens is 2. The highest BCUT2D eigenvalue weighted by atomic mass is 19.1. The van der Waals surface area contributed by atoms with Crippen LogP contribution in [-0.2, 0) is 12.0 Å². The number of aromatic nitrogens is 6. The van der Waals surface area contributed by atoms with Gasteiger partial charge in [0.25, 0.3) is 0 Å². The first-order valence-electron chi connectivity index (χ1n) is 11.5. The molecule has 0 saturated heterocycles. The van der Waals surface area contributed by atoms with Gasteiger partial charge in [-0.2, -0.15) is 5.10 Å². The van der Waals surface area contributed by atoms with Crippen LogP contribution in [-0.4, -0.2) is 34.8 Å². The SMILES string of the molecule is CC[C@H]1c2cc(-c3c(F)cccc3F)nnc2[C@](C)(c2ccnc(-n3cnc(CO)c3)n2)C1(C)C. The molecule has 180 valence electrons. The van der Waals surface area contributed by atoms with Gasteiger partial charge in [-0.3, -0.25) is 4.57 Å². The number of hydrogen-bond donors (Lipinski definition) is 1. The predicted molar refractivity (Wildman–Crippen MR) is 126 cm³/mol. The van der Waals surface area contributed by atoms with Crippen LogP contribution in [0.2, 0.25) is 0 Å². The standard InChI is InChI=1S/C26H26F2N6O/c1-5-17-16-11-20(22-18(27)7-6-8-19(22)28)32-33-23(16)26(4,25(17,2)3)21-9-10-29-24(31-21)34-12-15(13-35)30-14-34/h6-12,14,17,35H,5,13H2,1-4H3/t17-,26-/m0/s1. The van der Waals surface area contributed by atoms with Crippen molar-refractivity contribution < 1.29 is 13.9 Å². The molecule has 0 amide bonds. The maximum atomic E-state index is 14.5. The highest BCUT2D eigenvalue weighted by molar-refractivity contribution is 5.63. The summed E-state index contributed by atoms with van der Waals surface area (Å²) in [6, 6.07) is 7.42. The van der Waals surface area contributed by atoms with Gasteiger partial charge in [0.15, 0.2) is 0 Å². The topological polar surface area (TPSA) is 89.6 Å². The second-order valence-electron chi connectivity index (χ2n) is 9.61. The molecule has 0 saturated carbocycles. The van der Waals surface area contributed by atoms with Crippen molar-refractivity contribution in [2.75, 3.05) is 0 Å². The molecule has 0 fully saturated rings. The number of nitrogens with zero attached hydrogens (tertiary/aromatic N) is 6. The third-order valence-electron chi connectivity index (χ3n) is 7.64. The van der Waals surface area contributed by atoms with Crippen molar-refractivity contribution >= 4 is 0 Å². The molecule has 0 radical (unpaired) electrons. The second-order valence-corrected chi connectivity index (χ2v) is 9.61. The lowest BCUT2D eigenvalue weighted by atomic mass is 9.62. The van der Waals surface area contributed by atoms with E-state index in [4.69, 9.17) is 4.98 Å². The Labute approximate surface area is 201 Å². The molecule has 0 aliphatic heterocycles. The minimum absolute atomic E-state index is 0.0548. The van der Waals surface area contributed by atoms with Crippen LogP contribution in [0.15, 0.2) is 49.1 Å². The molecule has 1 aliphatic carbocycles. The zero-order valence-corrected chi connectivity index (χ0v) is 20.0. The van der Waals surface area contributed by atoms with Crippen molar-refractivity contribution in [3.8, 4) is 17.2 Å². The summed E-state index contributed by atoms with van der Waals surface area (Å²) in [7, 11) is 0. The fraction of sp³-hybridized carbons (Fsp3) is 0.346. The fourth-order valence-electron chi connectivity index (χ4n) is 5.45. The summed E-state index contributed by atoms with van der Waals surface area (Å²) in [6.45, 7) is 8.32. The van der Waals surface area contributed by atoms with Gasteiger partial charge in [0.05, 0.1) is 40.4 Å².